The van der Waals surface area contributed by atoms with Crippen molar-refractivity contribution in [3.05, 3.63) is 65.7 Å². The van der Waals surface area contributed by atoms with Crippen molar-refractivity contribution in [3.63, 3.8) is 0 Å². The first-order valence-electron chi connectivity index (χ1n) is 9.66. The summed E-state index contributed by atoms with van der Waals surface area (Å²) in [6, 6.07) is 14.1. The number of nitrogens with one attached hydrogen (secondary N) is 2. The smallest absolute Gasteiger partial charge is 0.247 e. The molecule has 0 saturated heterocycles. The molecule has 1 heterocycles. The van der Waals surface area contributed by atoms with E-state index in [0.717, 1.165) is 23.1 Å². The highest BCUT2D eigenvalue weighted by atomic mass is 32.2. The zero-order chi connectivity index (χ0) is 21.5. The molecule has 2 unspecified atom stereocenters. The highest BCUT2D eigenvalue weighted by Gasteiger charge is 2.43. The number of nitrogens with two attached hydrogens (primary N) is 1. The van der Waals surface area contributed by atoms with Crippen LogP contribution in [0.2, 0.25) is 0 Å². The molecular weight excluding hydrogens is 402 g/mol. The number of fused-ring (bicyclic) bond motifs is 3. The number of carbonyl (C=O) groups is 2. The first kappa shape index (κ1) is 20.2. The summed E-state index contributed by atoms with van der Waals surface area (Å²) >= 11 is 0. The highest BCUT2D eigenvalue weighted by molar-refractivity contribution is 7.90. The SMILES string of the molecule is CS(=O)(=O)c1ccc(CC(=O)NC2(C(N)=O)C=C3c4ccccc4NC3CC2)cc1. The van der Waals surface area contributed by atoms with Gasteiger partial charge in [0.05, 0.1) is 17.4 Å². The maximum Gasteiger partial charge on any atom is 0.247 e. The minimum Gasteiger partial charge on any atom is -0.378 e. The lowest BCUT2D eigenvalue weighted by molar-refractivity contribution is -0.130. The molecule has 0 bridgehead atoms. The van der Waals surface area contributed by atoms with Crippen LogP contribution in [0.3, 0.4) is 0 Å². The number of hydrogen-bond acceptors (Lipinski definition) is 5. The Balaban J connectivity index is 1.56. The molecule has 2 atom stereocenters. The van der Waals surface area contributed by atoms with Gasteiger partial charge in [0.15, 0.2) is 9.84 Å². The first-order chi connectivity index (χ1) is 14.2. The van der Waals surface area contributed by atoms with Crippen molar-refractivity contribution >= 4 is 32.9 Å². The van der Waals surface area contributed by atoms with E-state index in [9.17, 15) is 18.0 Å². The number of amides is 2. The molecule has 0 saturated carbocycles. The number of rotatable bonds is 5. The van der Waals surface area contributed by atoms with Crippen LogP contribution >= 0.6 is 0 Å². The quantitative estimate of drug-likeness (QED) is 0.673. The van der Waals surface area contributed by atoms with Gasteiger partial charge in [0.2, 0.25) is 11.8 Å². The van der Waals surface area contributed by atoms with Crippen LogP contribution in [0.25, 0.3) is 5.57 Å². The highest BCUT2D eigenvalue weighted by Crippen LogP contribution is 2.42. The lowest BCUT2D eigenvalue weighted by Gasteiger charge is -2.35. The summed E-state index contributed by atoms with van der Waals surface area (Å²) in [7, 11) is -3.30. The van der Waals surface area contributed by atoms with Gasteiger partial charge < -0.3 is 16.4 Å². The van der Waals surface area contributed by atoms with Crippen LogP contribution in [-0.4, -0.2) is 38.1 Å². The van der Waals surface area contributed by atoms with Crippen LogP contribution in [0.1, 0.15) is 24.0 Å². The van der Waals surface area contributed by atoms with E-state index in [2.05, 4.69) is 10.6 Å². The minimum absolute atomic E-state index is 0.0144. The van der Waals surface area contributed by atoms with Crippen LogP contribution in [0.5, 0.6) is 0 Å². The number of hydrogen-bond donors (Lipinski definition) is 3. The van der Waals surface area contributed by atoms with Crippen LogP contribution in [0.15, 0.2) is 59.5 Å². The molecule has 2 aliphatic rings. The van der Waals surface area contributed by atoms with E-state index in [4.69, 9.17) is 5.73 Å². The van der Waals surface area contributed by atoms with Crippen LogP contribution < -0.4 is 16.4 Å². The lowest BCUT2D eigenvalue weighted by atomic mass is 9.79. The summed E-state index contributed by atoms with van der Waals surface area (Å²) in [5.41, 5.74) is 8.11. The molecule has 2 aromatic carbocycles. The third kappa shape index (κ3) is 3.70. The summed E-state index contributed by atoms with van der Waals surface area (Å²) in [4.78, 5) is 25.3. The van der Waals surface area contributed by atoms with Crippen molar-refractivity contribution in [1.29, 1.82) is 0 Å². The summed E-state index contributed by atoms with van der Waals surface area (Å²) < 4.78 is 23.2. The Morgan fingerprint density at radius 1 is 1.17 bits per heavy atom. The van der Waals surface area contributed by atoms with Gasteiger partial charge in [-0.15, -0.1) is 0 Å². The number of anilines is 1. The van der Waals surface area contributed by atoms with E-state index in [-0.39, 0.29) is 23.3 Å². The predicted molar refractivity (Wildman–Crippen MR) is 114 cm³/mol. The molecule has 8 heteroatoms. The van der Waals surface area contributed by atoms with E-state index in [1.165, 1.54) is 12.1 Å². The second kappa shape index (κ2) is 7.28. The number of primary amides is 1. The van der Waals surface area contributed by atoms with Gasteiger partial charge in [-0.2, -0.15) is 0 Å². The third-order valence-corrected chi connectivity index (χ3v) is 6.82. The standard InChI is InChI=1S/C22H23N3O4S/c1-30(28,29)15-8-6-14(7-9-15)12-20(26)25-22(21(23)27)11-10-19-17(13-22)16-4-2-3-5-18(16)24-19/h2-9,13,19,24H,10-12H2,1H3,(H2,23,27)(H,25,26). The number of para-hydroxylation sites is 1. The molecular formula is C22H23N3O4S. The van der Waals surface area contributed by atoms with Gasteiger partial charge in [0, 0.05) is 17.5 Å². The molecule has 2 aromatic rings. The fourth-order valence-corrected chi connectivity index (χ4v) is 4.75. The average Bonchev–Trinajstić information content (AvgIpc) is 3.05. The van der Waals surface area contributed by atoms with Gasteiger partial charge in [-0.25, -0.2) is 8.42 Å². The van der Waals surface area contributed by atoms with Crippen molar-refractivity contribution in [1.82, 2.24) is 5.32 Å². The zero-order valence-corrected chi connectivity index (χ0v) is 17.3. The molecule has 7 nitrogen and oxygen atoms in total. The fourth-order valence-electron chi connectivity index (χ4n) is 4.12. The molecule has 0 fully saturated rings. The van der Waals surface area contributed by atoms with Gasteiger partial charge in [-0.3, -0.25) is 9.59 Å². The van der Waals surface area contributed by atoms with Gasteiger partial charge in [-0.1, -0.05) is 30.3 Å². The molecule has 4 N–H and O–H groups in total. The lowest BCUT2D eigenvalue weighted by Crippen LogP contribution is -2.58. The molecule has 4 rings (SSSR count). The summed E-state index contributed by atoms with van der Waals surface area (Å²) in [6.45, 7) is 0. The van der Waals surface area contributed by atoms with Crippen molar-refractivity contribution in [2.45, 2.75) is 35.7 Å². The minimum atomic E-state index is -3.30. The number of sulfone groups is 1. The summed E-state index contributed by atoms with van der Waals surface area (Å²) in [5.74, 6) is -0.950. The van der Waals surface area contributed by atoms with E-state index in [1.54, 1.807) is 18.2 Å². The zero-order valence-electron chi connectivity index (χ0n) is 16.5. The monoisotopic (exact) mass is 425 g/mol. The number of carbonyl (C=O) groups excluding carboxylic acids is 2. The van der Waals surface area contributed by atoms with Gasteiger partial charge >= 0.3 is 0 Å². The Bertz CT molecular complexity index is 1160. The van der Waals surface area contributed by atoms with Gasteiger partial charge in [-0.05, 0) is 48.3 Å². The van der Waals surface area contributed by atoms with Crippen LogP contribution in [-0.2, 0) is 25.8 Å². The number of benzene rings is 2. The van der Waals surface area contributed by atoms with E-state index in [0.29, 0.717) is 18.4 Å². The molecule has 30 heavy (non-hydrogen) atoms. The van der Waals surface area contributed by atoms with E-state index in [1.807, 2.05) is 24.3 Å². The maximum absolute atomic E-state index is 12.7. The molecule has 0 spiro atoms. The molecule has 0 radical (unpaired) electrons. The van der Waals surface area contributed by atoms with Crippen molar-refractivity contribution in [2.75, 3.05) is 11.6 Å². The topological polar surface area (TPSA) is 118 Å². The van der Waals surface area contributed by atoms with Gasteiger partial charge in [0.25, 0.3) is 0 Å². The maximum atomic E-state index is 12.7. The van der Waals surface area contributed by atoms with Gasteiger partial charge in [0.1, 0.15) is 5.54 Å². The van der Waals surface area contributed by atoms with Crippen molar-refractivity contribution in [2.24, 2.45) is 5.73 Å². The fraction of sp³-hybridized carbons (Fsp3) is 0.273. The van der Waals surface area contributed by atoms with Crippen LogP contribution in [0, 0.1) is 0 Å². The van der Waals surface area contributed by atoms with Crippen LogP contribution in [0.4, 0.5) is 5.69 Å². The van der Waals surface area contributed by atoms with Crippen molar-refractivity contribution < 1.29 is 18.0 Å². The Kier molecular flexibility index (Phi) is 4.89. The molecule has 156 valence electrons. The second-order valence-corrected chi connectivity index (χ2v) is 9.87. The summed E-state index contributed by atoms with van der Waals surface area (Å²) in [5, 5.41) is 6.27. The molecule has 1 aliphatic carbocycles. The average molecular weight is 426 g/mol. The Morgan fingerprint density at radius 2 is 1.87 bits per heavy atom. The Labute approximate surface area is 175 Å². The molecule has 0 aromatic heterocycles. The second-order valence-electron chi connectivity index (χ2n) is 7.86. The molecule has 2 amide bonds. The van der Waals surface area contributed by atoms with Crippen molar-refractivity contribution in [3.8, 4) is 0 Å². The predicted octanol–water partition coefficient (Wildman–Crippen LogP) is 1.64. The first-order valence-corrected chi connectivity index (χ1v) is 11.6. The Hall–Kier alpha value is -3.13. The molecule has 1 aliphatic heterocycles. The van der Waals surface area contributed by atoms with E-state index >= 15 is 0 Å². The van der Waals surface area contributed by atoms with E-state index < -0.39 is 21.3 Å². The normalized spacial score (nSPS) is 22.3. The summed E-state index contributed by atoms with van der Waals surface area (Å²) in [6.07, 6.45) is 3.99. The Morgan fingerprint density at radius 3 is 2.53 bits per heavy atom. The third-order valence-electron chi connectivity index (χ3n) is 5.69. The largest absolute Gasteiger partial charge is 0.378 e.